The molecule has 194 valence electrons. The molecule has 8 nitrogen and oxygen atoms in total. The maximum Gasteiger partial charge on any atom is 0.252 e. The third-order valence-electron chi connectivity index (χ3n) is 7.37. The van der Waals surface area contributed by atoms with Crippen LogP contribution in [0.5, 0.6) is 5.75 Å². The summed E-state index contributed by atoms with van der Waals surface area (Å²) in [6.07, 6.45) is 6.76. The topological polar surface area (TPSA) is 88.9 Å². The SMILES string of the molecule is CCOc1ccc2[nH]c(=O)c(CN(Cc3ccccc3)[C@@H](CC)c3nnnn3C3CCCCC3)cc2c1. The number of rotatable bonds is 10. The number of nitrogens with zero attached hydrogens (tertiary/aromatic N) is 5. The van der Waals surface area contributed by atoms with E-state index in [1.165, 1.54) is 24.8 Å². The Morgan fingerprint density at radius 3 is 2.62 bits per heavy atom. The van der Waals surface area contributed by atoms with Crippen molar-refractivity contribution in [2.75, 3.05) is 6.61 Å². The molecule has 0 amide bonds. The summed E-state index contributed by atoms with van der Waals surface area (Å²) >= 11 is 0. The highest BCUT2D eigenvalue weighted by molar-refractivity contribution is 5.80. The summed E-state index contributed by atoms with van der Waals surface area (Å²) in [7, 11) is 0. The number of hydrogen-bond acceptors (Lipinski definition) is 6. The maximum atomic E-state index is 13.2. The van der Waals surface area contributed by atoms with E-state index < -0.39 is 0 Å². The fraction of sp³-hybridized carbons (Fsp3) is 0.448. The number of aromatic amines is 1. The highest BCUT2D eigenvalue weighted by atomic mass is 16.5. The van der Waals surface area contributed by atoms with Crippen LogP contribution < -0.4 is 10.3 Å². The van der Waals surface area contributed by atoms with Gasteiger partial charge in [-0.05, 0) is 66.4 Å². The molecule has 0 aliphatic heterocycles. The van der Waals surface area contributed by atoms with Crippen molar-refractivity contribution < 1.29 is 4.74 Å². The Morgan fingerprint density at radius 1 is 1.05 bits per heavy atom. The van der Waals surface area contributed by atoms with Gasteiger partial charge in [0.1, 0.15) is 5.75 Å². The van der Waals surface area contributed by atoms with E-state index in [-0.39, 0.29) is 11.6 Å². The van der Waals surface area contributed by atoms with Gasteiger partial charge >= 0.3 is 0 Å². The van der Waals surface area contributed by atoms with E-state index in [1.807, 2.05) is 37.3 Å². The van der Waals surface area contributed by atoms with E-state index in [9.17, 15) is 4.79 Å². The standard InChI is InChI=1S/C29H36N6O2/c1-3-27(28-31-32-33-35(28)24-13-9-6-10-14-24)34(19-21-11-7-5-8-12-21)20-23-17-22-18-25(37-4-2)15-16-26(22)30-29(23)36/h5,7-8,11-12,15-18,24,27H,3-4,6,9-10,13-14,19-20H2,1-2H3,(H,30,36)/t27-/m0/s1. The number of aromatic nitrogens is 5. The summed E-state index contributed by atoms with van der Waals surface area (Å²) in [6, 6.07) is 18.5. The zero-order valence-corrected chi connectivity index (χ0v) is 21.8. The second-order valence-electron chi connectivity index (χ2n) is 9.89. The molecule has 8 heteroatoms. The average Bonchev–Trinajstić information content (AvgIpc) is 3.40. The molecular formula is C29H36N6O2. The van der Waals surface area contributed by atoms with Gasteiger partial charge in [-0.1, -0.05) is 56.5 Å². The molecule has 0 spiro atoms. The van der Waals surface area contributed by atoms with E-state index in [2.05, 4.69) is 61.3 Å². The van der Waals surface area contributed by atoms with Gasteiger partial charge in [-0.2, -0.15) is 0 Å². The Morgan fingerprint density at radius 2 is 1.86 bits per heavy atom. The number of hydrogen-bond donors (Lipinski definition) is 1. The lowest BCUT2D eigenvalue weighted by Crippen LogP contribution is -2.33. The summed E-state index contributed by atoms with van der Waals surface area (Å²) in [6.45, 7) is 5.90. The molecule has 0 unspecified atom stereocenters. The van der Waals surface area contributed by atoms with E-state index in [1.54, 1.807) is 0 Å². The summed E-state index contributed by atoms with van der Waals surface area (Å²) in [5, 5.41) is 14.0. The molecule has 5 rings (SSSR count). The summed E-state index contributed by atoms with van der Waals surface area (Å²) in [5.41, 5.74) is 2.64. The first-order valence-corrected chi connectivity index (χ1v) is 13.5. The Balaban J connectivity index is 1.51. The first-order chi connectivity index (χ1) is 18.2. The number of nitrogens with one attached hydrogen (secondary N) is 1. The number of pyridine rings is 1. The normalized spacial score (nSPS) is 15.3. The first-order valence-electron chi connectivity index (χ1n) is 13.5. The first kappa shape index (κ1) is 25.1. The molecule has 1 fully saturated rings. The Bertz CT molecular complexity index is 1360. The molecule has 1 saturated carbocycles. The van der Waals surface area contributed by atoms with E-state index >= 15 is 0 Å². The molecule has 0 bridgehead atoms. The van der Waals surface area contributed by atoms with Crippen LogP contribution in [0.25, 0.3) is 10.9 Å². The van der Waals surface area contributed by atoms with E-state index in [0.717, 1.165) is 41.7 Å². The molecule has 2 heterocycles. The molecule has 4 aromatic rings. The maximum absolute atomic E-state index is 13.2. The summed E-state index contributed by atoms with van der Waals surface area (Å²) < 4.78 is 7.75. The molecular weight excluding hydrogens is 464 g/mol. The predicted octanol–water partition coefficient (Wildman–Crippen LogP) is 5.57. The van der Waals surface area contributed by atoms with Crippen molar-refractivity contribution in [2.45, 2.75) is 77.5 Å². The Hall–Kier alpha value is -3.52. The van der Waals surface area contributed by atoms with Crippen molar-refractivity contribution in [2.24, 2.45) is 0 Å². The number of tetrazole rings is 1. The van der Waals surface area contributed by atoms with Gasteiger partial charge in [0, 0.05) is 29.6 Å². The zero-order chi connectivity index (χ0) is 25.6. The second-order valence-corrected chi connectivity index (χ2v) is 9.89. The van der Waals surface area contributed by atoms with Crippen molar-refractivity contribution in [1.29, 1.82) is 0 Å². The van der Waals surface area contributed by atoms with Gasteiger partial charge in [-0.3, -0.25) is 9.69 Å². The lowest BCUT2D eigenvalue weighted by atomic mass is 9.95. The molecule has 1 aliphatic rings. The molecule has 1 atom stereocenters. The average molecular weight is 501 g/mol. The molecule has 1 N–H and O–H groups in total. The van der Waals surface area contributed by atoms with Crippen LogP contribution in [0.4, 0.5) is 0 Å². The van der Waals surface area contributed by atoms with Crippen LogP contribution in [0.2, 0.25) is 0 Å². The van der Waals surface area contributed by atoms with Crippen molar-refractivity contribution in [3.05, 3.63) is 81.9 Å². The Kier molecular flexibility index (Phi) is 7.94. The third kappa shape index (κ3) is 5.74. The molecule has 37 heavy (non-hydrogen) atoms. The number of ether oxygens (including phenoxy) is 1. The molecule has 2 aromatic heterocycles. The lowest BCUT2D eigenvalue weighted by Gasteiger charge is -2.32. The number of fused-ring (bicyclic) bond motifs is 1. The molecule has 0 saturated heterocycles. The lowest BCUT2D eigenvalue weighted by molar-refractivity contribution is 0.155. The fourth-order valence-corrected chi connectivity index (χ4v) is 5.53. The minimum Gasteiger partial charge on any atom is -0.494 e. The number of H-pyrrole nitrogens is 1. The van der Waals surface area contributed by atoms with Crippen molar-refractivity contribution >= 4 is 10.9 Å². The summed E-state index contributed by atoms with van der Waals surface area (Å²) in [4.78, 5) is 18.6. The van der Waals surface area contributed by atoms with Crippen molar-refractivity contribution in [3.8, 4) is 5.75 Å². The van der Waals surface area contributed by atoms with Gasteiger partial charge in [-0.15, -0.1) is 5.10 Å². The molecule has 1 aliphatic carbocycles. The highest BCUT2D eigenvalue weighted by Gasteiger charge is 2.29. The summed E-state index contributed by atoms with van der Waals surface area (Å²) in [5.74, 6) is 1.69. The van der Waals surface area contributed by atoms with Crippen LogP contribution in [-0.2, 0) is 13.1 Å². The number of benzene rings is 2. The van der Waals surface area contributed by atoms with Crippen LogP contribution in [0.1, 0.15) is 81.4 Å². The van der Waals surface area contributed by atoms with E-state index in [4.69, 9.17) is 4.74 Å². The zero-order valence-electron chi connectivity index (χ0n) is 21.8. The van der Waals surface area contributed by atoms with Crippen LogP contribution in [0.3, 0.4) is 0 Å². The quantitative estimate of drug-likeness (QED) is 0.306. The fourth-order valence-electron chi connectivity index (χ4n) is 5.53. The van der Waals surface area contributed by atoms with Gasteiger partial charge in [0.15, 0.2) is 5.82 Å². The monoisotopic (exact) mass is 500 g/mol. The minimum absolute atomic E-state index is 0.0259. The largest absolute Gasteiger partial charge is 0.494 e. The van der Waals surface area contributed by atoms with Crippen molar-refractivity contribution in [1.82, 2.24) is 30.1 Å². The second kappa shape index (κ2) is 11.7. The van der Waals surface area contributed by atoms with Crippen LogP contribution in [0, 0.1) is 0 Å². The van der Waals surface area contributed by atoms with Gasteiger partial charge in [0.25, 0.3) is 5.56 Å². The third-order valence-corrected chi connectivity index (χ3v) is 7.37. The minimum atomic E-state index is -0.0727. The van der Waals surface area contributed by atoms with Gasteiger partial charge < -0.3 is 9.72 Å². The molecule has 0 radical (unpaired) electrons. The molecule has 2 aromatic carbocycles. The van der Waals surface area contributed by atoms with Gasteiger partial charge in [-0.25, -0.2) is 4.68 Å². The Labute approximate surface area is 217 Å². The van der Waals surface area contributed by atoms with Gasteiger partial charge in [0.05, 0.1) is 18.7 Å². The van der Waals surface area contributed by atoms with Crippen LogP contribution >= 0.6 is 0 Å². The van der Waals surface area contributed by atoms with Crippen LogP contribution in [-0.4, -0.2) is 36.7 Å². The van der Waals surface area contributed by atoms with Crippen LogP contribution in [0.15, 0.2) is 59.4 Å². The highest BCUT2D eigenvalue weighted by Crippen LogP contribution is 2.33. The van der Waals surface area contributed by atoms with Crippen molar-refractivity contribution in [3.63, 3.8) is 0 Å². The predicted molar refractivity (Wildman–Crippen MR) is 144 cm³/mol. The smallest absolute Gasteiger partial charge is 0.252 e. The van der Waals surface area contributed by atoms with E-state index in [0.29, 0.717) is 31.3 Å². The van der Waals surface area contributed by atoms with Gasteiger partial charge in [0.2, 0.25) is 0 Å².